The Morgan fingerprint density at radius 3 is 2.57 bits per heavy atom. The molecule has 0 atom stereocenters. The summed E-state index contributed by atoms with van der Waals surface area (Å²) in [5.74, 6) is 0.722. The van der Waals surface area contributed by atoms with Gasteiger partial charge in [-0.1, -0.05) is 36.4 Å². The Bertz CT molecular complexity index is 1660. The summed E-state index contributed by atoms with van der Waals surface area (Å²) in [5, 5.41) is 18.7. The van der Waals surface area contributed by atoms with E-state index in [4.69, 9.17) is 14.8 Å². The molecule has 0 bridgehead atoms. The molecule has 8 heteroatoms. The number of hydrogen-bond donors (Lipinski definition) is 3. The molecule has 6 aromatic rings. The maximum atomic E-state index is 8.06. The largest absolute Gasteiger partial charge is 0.394 e. The van der Waals surface area contributed by atoms with Crippen molar-refractivity contribution in [1.29, 1.82) is 0 Å². The zero-order valence-electron chi connectivity index (χ0n) is 21.4. The molecule has 0 aliphatic carbocycles. The molecule has 188 valence electrons. The van der Waals surface area contributed by atoms with Crippen LogP contribution in [0.5, 0.6) is 0 Å². The lowest BCUT2D eigenvalue weighted by molar-refractivity contribution is 0.0663. The average molecular weight is 495 g/mol. The number of fused-ring (bicyclic) bond motifs is 3. The first-order valence-corrected chi connectivity index (χ1v) is 12.4. The zero-order valence-corrected chi connectivity index (χ0v) is 21.4. The molecule has 4 aromatic heterocycles. The van der Waals surface area contributed by atoms with Crippen molar-refractivity contribution in [2.75, 3.05) is 0 Å². The van der Waals surface area contributed by atoms with Gasteiger partial charge >= 0.3 is 0 Å². The minimum Gasteiger partial charge on any atom is -0.394 e. The number of imidazole rings is 1. The Balaban J connectivity index is 0.000000655. The van der Waals surface area contributed by atoms with Crippen molar-refractivity contribution in [2.45, 2.75) is 46.5 Å². The number of H-pyrrole nitrogens is 2. The highest BCUT2D eigenvalue weighted by molar-refractivity contribution is 5.99. The molecule has 3 N–H and O–H groups in total. The van der Waals surface area contributed by atoms with E-state index in [9.17, 15) is 0 Å². The van der Waals surface area contributed by atoms with Crippen molar-refractivity contribution in [3.8, 4) is 22.6 Å². The lowest BCUT2D eigenvalue weighted by Gasteiger charge is -2.07. The number of aromatic nitrogens is 6. The van der Waals surface area contributed by atoms with Gasteiger partial charge in [-0.25, -0.2) is 9.97 Å². The van der Waals surface area contributed by atoms with Crippen LogP contribution in [0.2, 0.25) is 0 Å². The third-order valence-electron chi connectivity index (χ3n) is 5.79. The van der Waals surface area contributed by atoms with Gasteiger partial charge in [0.25, 0.3) is 0 Å². The Hall–Kier alpha value is -4.14. The van der Waals surface area contributed by atoms with Crippen molar-refractivity contribution in [3.63, 3.8) is 0 Å². The molecule has 0 spiro atoms. The fourth-order valence-electron chi connectivity index (χ4n) is 4.16. The van der Waals surface area contributed by atoms with E-state index in [1.807, 2.05) is 62.8 Å². The van der Waals surface area contributed by atoms with Crippen LogP contribution in [0, 0.1) is 0 Å². The van der Waals surface area contributed by atoms with Crippen molar-refractivity contribution in [3.05, 3.63) is 72.7 Å². The minimum atomic E-state index is -0.167. The van der Waals surface area contributed by atoms with Crippen LogP contribution in [-0.2, 0) is 11.3 Å². The van der Waals surface area contributed by atoms with Crippen LogP contribution in [-0.4, -0.2) is 47.4 Å². The van der Waals surface area contributed by atoms with E-state index in [0.29, 0.717) is 12.3 Å². The highest BCUT2D eigenvalue weighted by atomic mass is 16.5. The lowest BCUT2D eigenvalue weighted by Crippen LogP contribution is -2.02. The molecule has 0 aliphatic rings. The highest BCUT2D eigenvalue weighted by Crippen LogP contribution is 2.32. The van der Waals surface area contributed by atoms with Gasteiger partial charge in [0, 0.05) is 46.8 Å². The number of pyridine rings is 2. The molecule has 0 amide bonds. The molecular formula is C29H30N6O2. The maximum absolute atomic E-state index is 8.06. The second-order valence-corrected chi connectivity index (χ2v) is 9.45. The van der Waals surface area contributed by atoms with E-state index < -0.39 is 0 Å². The number of aliphatic hydroxyl groups excluding tert-OH is 1. The van der Waals surface area contributed by atoms with Crippen LogP contribution in [0.25, 0.3) is 55.5 Å². The molecule has 0 fully saturated rings. The van der Waals surface area contributed by atoms with Crippen molar-refractivity contribution in [2.24, 2.45) is 0 Å². The first-order chi connectivity index (χ1) is 17.9. The normalized spacial score (nSPS) is 11.5. The summed E-state index contributed by atoms with van der Waals surface area (Å²) in [7, 11) is 0. The number of hydrogen-bond acceptors (Lipinski definition) is 6. The Labute approximate surface area is 214 Å². The van der Waals surface area contributed by atoms with Gasteiger partial charge in [0.2, 0.25) is 0 Å². The first-order valence-electron chi connectivity index (χ1n) is 12.4. The van der Waals surface area contributed by atoms with E-state index in [2.05, 4.69) is 43.3 Å². The van der Waals surface area contributed by atoms with Gasteiger partial charge in [0.05, 0.1) is 29.1 Å². The molecule has 0 radical (unpaired) electrons. The summed E-state index contributed by atoms with van der Waals surface area (Å²) in [4.78, 5) is 17.3. The fourth-order valence-corrected chi connectivity index (χ4v) is 4.16. The number of para-hydroxylation sites is 1. The second kappa shape index (κ2) is 10.5. The van der Waals surface area contributed by atoms with E-state index >= 15 is 0 Å². The monoisotopic (exact) mass is 494 g/mol. The van der Waals surface area contributed by atoms with Crippen LogP contribution in [0.15, 0.2) is 67.1 Å². The predicted octanol–water partition coefficient (Wildman–Crippen LogP) is 6.03. The average Bonchev–Trinajstić information content (AvgIpc) is 3.50. The number of benzene rings is 2. The summed E-state index contributed by atoms with van der Waals surface area (Å²) >= 11 is 0. The van der Waals surface area contributed by atoms with Gasteiger partial charge in [-0.3, -0.25) is 10.1 Å². The molecule has 4 heterocycles. The third-order valence-corrected chi connectivity index (χ3v) is 5.79. The fraction of sp³-hybridized carbons (Fsp3) is 0.241. The molecule has 8 nitrogen and oxygen atoms in total. The maximum Gasteiger partial charge on any atom is 0.181 e. The van der Waals surface area contributed by atoms with Crippen LogP contribution in [0.1, 0.15) is 33.3 Å². The molecule has 0 saturated heterocycles. The van der Waals surface area contributed by atoms with Gasteiger partial charge in [-0.2, -0.15) is 5.10 Å². The van der Waals surface area contributed by atoms with E-state index in [1.165, 1.54) is 0 Å². The molecule has 2 aromatic carbocycles. The molecule has 0 aliphatic heterocycles. The van der Waals surface area contributed by atoms with Gasteiger partial charge < -0.3 is 14.8 Å². The van der Waals surface area contributed by atoms with Gasteiger partial charge in [0.1, 0.15) is 5.69 Å². The summed E-state index contributed by atoms with van der Waals surface area (Å²) in [6.07, 6.45) is 5.59. The summed E-state index contributed by atoms with van der Waals surface area (Å²) in [6.45, 7) is 8.02. The molecule has 6 rings (SSSR count). The van der Waals surface area contributed by atoms with Crippen LogP contribution < -0.4 is 0 Å². The number of rotatable bonds is 5. The van der Waals surface area contributed by atoms with E-state index in [1.54, 1.807) is 13.8 Å². The van der Waals surface area contributed by atoms with Gasteiger partial charge in [-0.15, -0.1) is 0 Å². The standard InChI is InChI=1S/C26H22N6O.C3H8O/c1-15(2)33-14-17-7-5-9-22-23(17)30-26(29-22)24-20-10-18(12-28-25(20)32-31-24)21-13-27-11-16-6-3-4-8-19(16)21;1-3(2)4/h3-13,15H,14H2,1-2H3,(H,29,30)(H,28,31,32);3-4H,1-2H3. The van der Waals surface area contributed by atoms with Crippen molar-refractivity contribution < 1.29 is 9.84 Å². The Kier molecular flexibility index (Phi) is 6.94. The smallest absolute Gasteiger partial charge is 0.181 e. The van der Waals surface area contributed by atoms with Crippen molar-refractivity contribution >= 4 is 32.8 Å². The van der Waals surface area contributed by atoms with E-state index in [-0.39, 0.29) is 12.2 Å². The number of nitrogens with zero attached hydrogens (tertiary/aromatic N) is 4. The predicted molar refractivity (Wildman–Crippen MR) is 147 cm³/mol. The van der Waals surface area contributed by atoms with Gasteiger partial charge in [0.15, 0.2) is 11.5 Å². The number of ether oxygens (including phenoxy) is 1. The van der Waals surface area contributed by atoms with Gasteiger partial charge in [-0.05, 0) is 45.2 Å². The van der Waals surface area contributed by atoms with Crippen LogP contribution in [0.4, 0.5) is 0 Å². The molecular weight excluding hydrogens is 464 g/mol. The topological polar surface area (TPSA) is 113 Å². The van der Waals surface area contributed by atoms with Crippen molar-refractivity contribution in [1.82, 2.24) is 30.1 Å². The SMILES string of the molecule is CC(C)O.CC(C)OCc1cccc2[nH]c(-c3[nH]nc4ncc(-c5cncc6ccccc56)cc34)nc12. The number of nitrogens with one attached hydrogen (secondary N) is 2. The highest BCUT2D eigenvalue weighted by Gasteiger charge is 2.16. The lowest BCUT2D eigenvalue weighted by atomic mass is 10.0. The Morgan fingerprint density at radius 1 is 0.946 bits per heavy atom. The summed E-state index contributed by atoms with van der Waals surface area (Å²) in [6, 6.07) is 16.4. The summed E-state index contributed by atoms with van der Waals surface area (Å²) in [5.41, 5.74) is 6.38. The summed E-state index contributed by atoms with van der Waals surface area (Å²) < 4.78 is 5.82. The molecule has 37 heavy (non-hydrogen) atoms. The molecule has 0 unspecified atom stereocenters. The van der Waals surface area contributed by atoms with Crippen LogP contribution in [0.3, 0.4) is 0 Å². The molecule has 0 saturated carbocycles. The minimum absolute atomic E-state index is 0.156. The first kappa shape index (κ1) is 24.5. The quantitative estimate of drug-likeness (QED) is 0.270. The third kappa shape index (κ3) is 5.21. The second-order valence-electron chi connectivity index (χ2n) is 9.45. The van der Waals surface area contributed by atoms with E-state index in [0.717, 1.165) is 55.4 Å². The number of aliphatic hydroxyl groups is 1. The zero-order chi connectivity index (χ0) is 25.9. The Morgan fingerprint density at radius 2 is 1.76 bits per heavy atom. The van der Waals surface area contributed by atoms with Crippen LogP contribution >= 0.6 is 0 Å². The number of aromatic amines is 2.